The molecule has 0 aromatic rings. The Morgan fingerprint density at radius 1 is 1.09 bits per heavy atom. The Kier molecular flexibility index (Phi) is 6.37. The van der Waals surface area contributed by atoms with Crippen molar-refractivity contribution >= 4 is 11.8 Å². The summed E-state index contributed by atoms with van der Waals surface area (Å²) in [6.07, 6.45) is 8.24. The molecule has 6 heteroatoms. The molecule has 0 aliphatic heterocycles. The van der Waals surface area contributed by atoms with E-state index in [0.717, 1.165) is 50.5 Å². The second kappa shape index (κ2) is 8.46. The first-order valence-corrected chi connectivity index (χ1v) is 13.0. The number of rotatable bonds is 6. The largest absolute Gasteiger partial charge is 0.481 e. The normalized spacial score (nSPS) is 43.7. The van der Waals surface area contributed by atoms with E-state index >= 15 is 0 Å². The first-order chi connectivity index (χ1) is 15.4. The van der Waals surface area contributed by atoms with Crippen molar-refractivity contribution in [1.29, 1.82) is 0 Å². The zero-order valence-electron chi connectivity index (χ0n) is 20.6. The van der Waals surface area contributed by atoms with Gasteiger partial charge in [0.15, 0.2) is 11.9 Å². The molecule has 0 bridgehead atoms. The minimum absolute atomic E-state index is 0.0406. The highest BCUT2D eigenvalue weighted by Gasteiger charge is 2.67. The molecule has 3 saturated carbocycles. The van der Waals surface area contributed by atoms with Crippen LogP contribution < -0.4 is 0 Å². The molecule has 2 unspecified atom stereocenters. The zero-order chi connectivity index (χ0) is 24.3. The standard InChI is InChI=1S/C27H42O6/c1-15(6-5-7-16(2)24(30)31)19-10-11-20-18-9-8-17-14-22(28)23(29)27(32,33)26(17,4)21(18)12-13-25(19,20)3/h14-16,18-21,23,29,32-33H,5-13H2,1-4H3,(H,30,31)/t15-,16?,18+,19-,20+,21+,23?,25-,26+/m1/s1. The van der Waals surface area contributed by atoms with Crippen LogP contribution in [0, 0.1) is 46.3 Å². The van der Waals surface area contributed by atoms with Crippen LogP contribution in [-0.2, 0) is 9.59 Å². The van der Waals surface area contributed by atoms with E-state index in [-0.39, 0.29) is 17.3 Å². The minimum Gasteiger partial charge on any atom is -0.481 e. The fourth-order valence-electron chi connectivity index (χ4n) is 8.74. The monoisotopic (exact) mass is 462 g/mol. The predicted octanol–water partition coefficient (Wildman–Crippen LogP) is 3.92. The molecular weight excluding hydrogens is 420 g/mol. The molecule has 33 heavy (non-hydrogen) atoms. The lowest BCUT2D eigenvalue weighted by Crippen LogP contribution is -2.67. The average molecular weight is 463 g/mol. The van der Waals surface area contributed by atoms with Gasteiger partial charge in [-0.2, -0.15) is 0 Å². The molecule has 4 rings (SSSR count). The molecule has 0 amide bonds. The number of aliphatic hydroxyl groups excluding tert-OH is 1. The Balaban J connectivity index is 1.52. The number of fused-ring (bicyclic) bond motifs is 5. The second-order valence-electron chi connectivity index (χ2n) is 12.2. The van der Waals surface area contributed by atoms with Gasteiger partial charge in [-0.15, -0.1) is 0 Å². The highest BCUT2D eigenvalue weighted by Crippen LogP contribution is 2.68. The lowest BCUT2D eigenvalue weighted by Gasteiger charge is -2.61. The summed E-state index contributed by atoms with van der Waals surface area (Å²) in [6, 6.07) is 0. The van der Waals surface area contributed by atoms with Crippen molar-refractivity contribution in [3.8, 4) is 0 Å². The highest BCUT2D eigenvalue weighted by atomic mass is 16.5. The maximum absolute atomic E-state index is 12.2. The number of carbonyl (C=O) groups is 2. The topological polar surface area (TPSA) is 115 Å². The Morgan fingerprint density at radius 3 is 2.45 bits per heavy atom. The van der Waals surface area contributed by atoms with E-state index in [2.05, 4.69) is 13.8 Å². The Bertz CT molecular complexity index is 832. The molecule has 0 saturated heterocycles. The van der Waals surface area contributed by atoms with Crippen molar-refractivity contribution in [3.05, 3.63) is 11.6 Å². The molecule has 9 atom stereocenters. The molecule has 0 radical (unpaired) electrons. The van der Waals surface area contributed by atoms with E-state index in [0.29, 0.717) is 30.1 Å². The molecular formula is C27H42O6. The van der Waals surface area contributed by atoms with E-state index in [1.54, 1.807) is 6.92 Å². The SMILES string of the molecule is CC(CCC[C@@H](C)[C@H]1CC[C@H]2[C@@H]3CCC4=CC(=O)C(O)C(O)(O)[C@]4(C)[C@H]3CC[C@]12C)C(=O)O. The summed E-state index contributed by atoms with van der Waals surface area (Å²) in [5.41, 5.74) is -0.00257. The molecule has 3 fully saturated rings. The fourth-order valence-corrected chi connectivity index (χ4v) is 8.74. The van der Waals surface area contributed by atoms with Crippen molar-refractivity contribution < 1.29 is 30.0 Å². The van der Waals surface area contributed by atoms with Crippen LogP contribution >= 0.6 is 0 Å². The number of carbonyl (C=O) groups excluding carboxylic acids is 1. The Hall–Kier alpha value is -1.24. The first-order valence-electron chi connectivity index (χ1n) is 13.0. The third-order valence-corrected chi connectivity index (χ3v) is 10.8. The summed E-state index contributed by atoms with van der Waals surface area (Å²) >= 11 is 0. The molecule has 4 aliphatic rings. The van der Waals surface area contributed by atoms with Crippen LogP contribution in [0.15, 0.2) is 11.6 Å². The summed E-state index contributed by atoms with van der Waals surface area (Å²) in [5.74, 6) is -2.00. The van der Waals surface area contributed by atoms with Crippen molar-refractivity contribution in [2.24, 2.45) is 46.3 Å². The number of hydrogen-bond donors (Lipinski definition) is 4. The van der Waals surface area contributed by atoms with E-state index in [4.69, 9.17) is 5.11 Å². The molecule has 4 aliphatic carbocycles. The quantitative estimate of drug-likeness (QED) is 0.445. The number of carboxylic acids is 1. The maximum atomic E-state index is 12.2. The molecule has 4 N–H and O–H groups in total. The summed E-state index contributed by atoms with van der Waals surface area (Å²) in [6.45, 7) is 8.40. The van der Waals surface area contributed by atoms with E-state index in [1.807, 2.05) is 6.92 Å². The van der Waals surface area contributed by atoms with Crippen LogP contribution in [0.25, 0.3) is 0 Å². The molecule has 0 spiro atoms. The van der Waals surface area contributed by atoms with Crippen LogP contribution in [-0.4, -0.2) is 44.1 Å². The van der Waals surface area contributed by atoms with Crippen molar-refractivity contribution in [2.45, 2.75) is 97.4 Å². The smallest absolute Gasteiger partial charge is 0.306 e. The summed E-state index contributed by atoms with van der Waals surface area (Å²) in [4.78, 5) is 23.3. The zero-order valence-corrected chi connectivity index (χ0v) is 20.6. The van der Waals surface area contributed by atoms with Crippen molar-refractivity contribution in [3.63, 3.8) is 0 Å². The van der Waals surface area contributed by atoms with Crippen molar-refractivity contribution in [1.82, 2.24) is 0 Å². The van der Waals surface area contributed by atoms with Crippen LogP contribution in [0.3, 0.4) is 0 Å². The summed E-state index contributed by atoms with van der Waals surface area (Å²) in [5, 5.41) is 41.6. The van der Waals surface area contributed by atoms with Crippen LogP contribution in [0.4, 0.5) is 0 Å². The van der Waals surface area contributed by atoms with Gasteiger partial charge in [-0.05, 0) is 86.0 Å². The molecule has 0 heterocycles. The van der Waals surface area contributed by atoms with Gasteiger partial charge >= 0.3 is 5.97 Å². The maximum Gasteiger partial charge on any atom is 0.306 e. The summed E-state index contributed by atoms with van der Waals surface area (Å²) < 4.78 is 0. The van der Waals surface area contributed by atoms with Gasteiger partial charge in [0.2, 0.25) is 5.79 Å². The van der Waals surface area contributed by atoms with Gasteiger partial charge < -0.3 is 20.4 Å². The van der Waals surface area contributed by atoms with Crippen LogP contribution in [0.1, 0.15) is 85.5 Å². The molecule has 0 aromatic heterocycles. The van der Waals surface area contributed by atoms with Gasteiger partial charge in [-0.25, -0.2) is 0 Å². The van der Waals surface area contributed by atoms with Crippen molar-refractivity contribution in [2.75, 3.05) is 0 Å². The van der Waals surface area contributed by atoms with E-state index in [1.165, 1.54) is 12.5 Å². The van der Waals surface area contributed by atoms with Gasteiger partial charge in [0.25, 0.3) is 0 Å². The van der Waals surface area contributed by atoms with Gasteiger partial charge in [0, 0.05) is 5.41 Å². The van der Waals surface area contributed by atoms with Gasteiger partial charge in [-0.1, -0.05) is 46.1 Å². The van der Waals surface area contributed by atoms with Gasteiger partial charge in [-0.3, -0.25) is 9.59 Å². The van der Waals surface area contributed by atoms with E-state index in [9.17, 15) is 24.9 Å². The molecule has 186 valence electrons. The third-order valence-electron chi connectivity index (χ3n) is 10.8. The highest BCUT2D eigenvalue weighted by molar-refractivity contribution is 5.96. The number of ketones is 1. The Labute approximate surface area is 197 Å². The minimum atomic E-state index is -2.43. The third kappa shape index (κ3) is 3.63. The van der Waals surface area contributed by atoms with Crippen LogP contribution in [0.5, 0.6) is 0 Å². The molecule has 0 aromatic carbocycles. The number of carboxylic acid groups (broad SMARTS) is 1. The Morgan fingerprint density at radius 2 is 1.79 bits per heavy atom. The number of aliphatic hydroxyl groups is 3. The first kappa shape index (κ1) is 24.9. The van der Waals surface area contributed by atoms with E-state index < -0.39 is 29.1 Å². The van der Waals surface area contributed by atoms with Crippen LogP contribution in [0.2, 0.25) is 0 Å². The molecule has 6 nitrogen and oxygen atoms in total. The average Bonchev–Trinajstić information content (AvgIpc) is 3.11. The summed E-state index contributed by atoms with van der Waals surface area (Å²) in [7, 11) is 0. The lowest BCUT2D eigenvalue weighted by atomic mass is 9.45. The van der Waals surface area contributed by atoms with Gasteiger partial charge in [0.1, 0.15) is 0 Å². The fraction of sp³-hybridized carbons (Fsp3) is 0.852. The number of hydrogen-bond acceptors (Lipinski definition) is 5. The predicted molar refractivity (Wildman–Crippen MR) is 124 cm³/mol. The lowest BCUT2D eigenvalue weighted by molar-refractivity contribution is -0.299. The number of aliphatic carboxylic acids is 1. The second-order valence-corrected chi connectivity index (χ2v) is 12.2. The van der Waals surface area contributed by atoms with Gasteiger partial charge in [0.05, 0.1) is 5.92 Å².